The average molecular weight is 382 g/mol. The summed E-state index contributed by atoms with van der Waals surface area (Å²) in [5.74, 6) is 0.0890. The van der Waals surface area contributed by atoms with Crippen molar-refractivity contribution in [2.24, 2.45) is 20.0 Å². The van der Waals surface area contributed by atoms with Crippen molar-refractivity contribution in [2.45, 2.75) is 16.0 Å². The lowest BCUT2D eigenvalue weighted by Crippen LogP contribution is -2.28. The maximum Gasteiger partial charge on any atom is 0.229 e. The van der Waals surface area contributed by atoms with Crippen LogP contribution in [0.15, 0.2) is 59.1 Å². The molecule has 3 heterocycles. The van der Waals surface area contributed by atoms with E-state index in [0.717, 1.165) is 27.8 Å². The first-order valence-electron chi connectivity index (χ1n) is 8.85. The van der Waals surface area contributed by atoms with Gasteiger partial charge in [0.2, 0.25) is 5.91 Å². The molecule has 1 amide bonds. The number of anilines is 1. The van der Waals surface area contributed by atoms with Gasteiger partial charge in [-0.25, -0.2) is 4.98 Å². The maximum absolute atomic E-state index is 12.8. The van der Waals surface area contributed by atoms with E-state index in [4.69, 9.17) is 0 Å². The molecule has 8 heteroatoms. The number of carbonyl (C=O) groups excluding carboxylic acids is 1. The number of nitrogens with zero attached hydrogens (tertiary/aromatic N) is 4. The second kappa shape index (κ2) is 7.58. The van der Waals surface area contributed by atoms with Crippen molar-refractivity contribution in [3.63, 3.8) is 0 Å². The van der Waals surface area contributed by atoms with Crippen LogP contribution in [0.25, 0.3) is 0 Å². The van der Waals surface area contributed by atoms with Crippen LogP contribution in [0.1, 0.15) is 11.5 Å². The first-order chi connectivity index (χ1) is 13.1. The lowest BCUT2D eigenvalue weighted by molar-refractivity contribution is -0.119. The Morgan fingerprint density at radius 3 is 2.74 bits per heavy atom. The van der Waals surface area contributed by atoms with E-state index in [-0.39, 0.29) is 17.7 Å². The quantitative estimate of drug-likeness (QED) is 0.708. The first kappa shape index (κ1) is 17.8. The molecule has 1 aliphatic heterocycles. The van der Waals surface area contributed by atoms with Gasteiger partial charge >= 0.3 is 0 Å². The molecule has 0 spiro atoms. The van der Waals surface area contributed by atoms with Gasteiger partial charge in [0.05, 0.1) is 12.1 Å². The number of hydrogen-bond acceptors (Lipinski definition) is 5. The monoisotopic (exact) mass is 382 g/mol. The minimum absolute atomic E-state index is 0.0401. The second-order valence-corrected chi connectivity index (χ2v) is 7.80. The molecule has 0 bridgehead atoms. The van der Waals surface area contributed by atoms with Crippen LogP contribution in [0.2, 0.25) is 0 Å². The van der Waals surface area contributed by atoms with Gasteiger partial charge in [-0.1, -0.05) is 11.8 Å². The van der Waals surface area contributed by atoms with Crippen molar-refractivity contribution in [1.29, 1.82) is 0 Å². The zero-order valence-electron chi connectivity index (χ0n) is 15.3. The Morgan fingerprint density at radius 1 is 1.26 bits per heavy atom. The fourth-order valence-electron chi connectivity index (χ4n) is 3.33. The van der Waals surface area contributed by atoms with E-state index in [0.29, 0.717) is 6.54 Å². The smallest absolute Gasteiger partial charge is 0.229 e. The summed E-state index contributed by atoms with van der Waals surface area (Å²) in [4.78, 5) is 18.2. The molecule has 140 valence electrons. The standard InChI is InChI=1S/C19H22N6OS/c1-24-8-7-21-19(24)27-15-5-3-14(4-6-15)23-18(26)17-11-20-10-16(17)13-9-22-25(2)12-13/h3-9,12,16-17,20H,10-11H2,1-2H3,(H,23,26)/t16-,17+/m1/s1. The van der Waals surface area contributed by atoms with Crippen LogP contribution in [-0.4, -0.2) is 38.3 Å². The number of rotatable bonds is 5. The van der Waals surface area contributed by atoms with Crippen molar-refractivity contribution in [2.75, 3.05) is 18.4 Å². The molecule has 7 nitrogen and oxygen atoms in total. The Bertz CT molecular complexity index is 932. The number of nitrogens with one attached hydrogen (secondary N) is 2. The molecule has 27 heavy (non-hydrogen) atoms. The summed E-state index contributed by atoms with van der Waals surface area (Å²) in [6, 6.07) is 7.87. The third-order valence-electron chi connectivity index (χ3n) is 4.81. The molecule has 1 saturated heterocycles. The Labute approximate surface area is 162 Å². The number of hydrogen-bond donors (Lipinski definition) is 2. The molecule has 0 aliphatic carbocycles. The molecule has 0 unspecified atom stereocenters. The van der Waals surface area contributed by atoms with Crippen LogP contribution in [0.3, 0.4) is 0 Å². The fourth-order valence-corrected chi connectivity index (χ4v) is 4.13. The lowest BCUT2D eigenvalue weighted by atomic mass is 9.90. The molecule has 1 aromatic carbocycles. The zero-order valence-corrected chi connectivity index (χ0v) is 16.1. The number of amides is 1. The summed E-state index contributed by atoms with van der Waals surface area (Å²) in [5, 5.41) is 11.5. The Kier molecular flexibility index (Phi) is 5.00. The normalized spacial score (nSPS) is 19.3. The zero-order chi connectivity index (χ0) is 18.8. The van der Waals surface area contributed by atoms with E-state index >= 15 is 0 Å². The van der Waals surface area contributed by atoms with Crippen LogP contribution in [0.4, 0.5) is 5.69 Å². The number of aromatic nitrogens is 4. The molecule has 2 atom stereocenters. The van der Waals surface area contributed by atoms with E-state index in [9.17, 15) is 4.79 Å². The number of benzene rings is 1. The number of imidazole rings is 1. The van der Waals surface area contributed by atoms with E-state index < -0.39 is 0 Å². The fraction of sp³-hybridized carbons (Fsp3) is 0.316. The molecule has 0 radical (unpaired) electrons. The molecular weight excluding hydrogens is 360 g/mol. The molecule has 2 N–H and O–H groups in total. The Morgan fingerprint density at radius 2 is 2.07 bits per heavy atom. The predicted molar refractivity (Wildman–Crippen MR) is 105 cm³/mol. The highest BCUT2D eigenvalue weighted by molar-refractivity contribution is 7.99. The van der Waals surface area contributed by atoms with Gasteiger partial charge in [0, 0.05) is 62.3 Å². The molecule has 2 aromatic heterocycles. The summed E-state index contributed by atoms with van der Waals surface area (Å²) in [6.45, 7) is 1.47. The summed E-state index contributed by atoms with van der Waals surface area (Å²) >= 11 is 1.59. The molecule has 1 fully saturated rings. The van der Waals surface area contributed by atoms with Crippen molar-refractivity contribution < 1.29 is 4.79 Å². The highest BCUT2D eigenvalue weighted by Crippen LogP contribution is 2.30. The van der Waals surface area contributed by atoms with Crippen LogP contribution in [0.5, 0.6) is 0 Å². The third kappa shape index (κ3) is 3.91. The minimum atomic E-state index is -0.101. The molecule has 0 saturated carbocycles. The summed E-state index contributed by atoms with van der Waals surface area (Å²) in [6.07, 6.45) is 7.54. The topological polar surface area (TPSA) is 76.8 Å². The lowest BCUT2D eigenvalue weighted by Gasteiger charge is -2.17. The highest BCUT2D eigenvalue weighted by atomic mass is 32.2. The van der Waals surface area contributed by atoms with Crippen molar-refractivity contribution >= 4 is 23.4 Å². The average Bonchev–Trinajstić information content (AvgIpc) is 3.38. The summed E-state index contributed by atoms with van der Waals surface area (Å²) in [5.41, 5.74) is 1.91. The summed E-state index contributed by atoms with van der Waals surface area (Å²) < 4.78 is 3.76. The SMILES string of the molecule is Cn1cc([C@H]2CNC[C@@H]2C(=O)Nc2ccc(Sc3nccn3C)cc2)cn1. The van der Waals surface area contributed by atoms with Gasteiger partial charge in [0.1, 0.15) is 0 Å². The van der Waals surface area contributed by atoms with Crippen molar-refractivity contribution in [1.82, 2.24) is 24.6 Å². The Hall–Kier alpha value is -2.58. The maximum atomic E-state index is 12.8. The van der Waals surface area contributed by atoms with Gasteiger partial charge in [-0.3, -0.25) is 9.48 Å². The second-order valence-electron chi connectivity index (χ2n) is 6.75. The number of aryl methyl sites for hydroxylation is 2. The summed E-state index contributed by atoms with van der Waals surface area (Å²) in [7, 11) is 3.86. The molecule has 3 aromatic rings. The predicted octanol–water partition coefficient (Wildman–Crippen LogP) is 2.25. The van der Waals surface area contributed by atoms with Crippen molar-refractivity contribution in [3.05, 3.63) is 54.6 Å². The van der Waals surface area contributed by atoms with Crippen LogP contribution in [0, 0.1) is 5.92 Å². The largest absolute Gasteiger partial charge is 0.329 e. The minimum Gasteiger partial charge on any atom is -0.329 e. The van der Waals surface area contributed by atoms with Crippen LogP contribution < -0.4 is 10.6 Å². The van der Waals surface area contributed by atoms with Gasteiger partial charge in [-0.2, -0.15) is 5.10 Å². The van der Waals surface area contributed by atoms with Gasteiger partial charge in [-0.15, -0.1) is 0 Å². The van der Waals surface area contributed by atoms with E-state index in [1.165, 1.54) is 0 Å². The molecule has 1 aliphatic rings. The van der Waals surface area contributed by atoms with E-state index in [2.05, 4.69) is 20.7 Å². The molecule has 4 rings (SSSR count). The van der Waals surface area contributed by atoms with Crippen molar-refractivity contribution in [3.8, 4) is 0 Å². The van der Waals surface area contributed by atoms with Gasteiger partial charge in [-0.05, 0) is 29.8 Å². The highest BCUT2D eigenvalue weighted by Gasteiger charge is 2.34. The number of carbonyl (C=O) groups is 1. The molecular formula is C19H22N6OS. The van der Waals surface area contributed by atoms with Gasteiger partial charge < -0.3 is 15.2 Å². The van der Waals surface area contributed by atoms with Gasteiger partial charge in [0.15, 0.2) is 5.16 Å². The third-order valence-corrected chi connectivity index (χ3v) is 5.90. The van der Waals surface area contributed by atoms with Crippen LogP contribution in [-0.2, 0) is 18.9 Å². The van der Waals surface area contributed by atoms with E-state index in [1.54, 1.807) is 22.6 Å². The van der Waals surface area contributed by atoms with Crippen LogP contribution >= 0.6 is 11.8 Å². The Balaban J connectivity index is 1.41. The first-order valence-corrected chi connectivity index (χ1v) is 9.67. The van der Waals surface area contributed by atoms with Gasteiger partial charge in [0.25, 0.3) is 0 Å². The van der Waals surface area contributed by atoms with E-state index in [1.807, 2.05) is 61.5 Å².